The van der Waals surface area contributed by atoms with Crippen LogP contribution in [0.2, 0.25) is 0 Å². The number of carbonyl (C=O) groups excluding carboxylic acids is 2. The van der Waals surface area contributed by atoms with Gasteiger partial charge in [0.15, 0.2) is 10.9 Å². The molecular weight excluding hydrogens is 393 g/mol. The molecule has 0 fully saturated rings. The molecular formula is C20H22FN5O2S. The number of nitrogens with zero attached hydrogens (tertiary/aromatic N) is 4. The summed E-state index contributed by atoms with van der Waals surface area (Å²) >= 11 is 1.27. The zero-order chi connectivity index (χ0) is 21.1. The molecule has 2 heterocycles. The smallest absolute Gasteiger partial charge is 0.217 e. The van der Waals surface area contributed by atoms with E-state index in [1.807, 2.05) is 13.8 Å². The molecule has 152 valence electrons. The highest BCUT2D eigenvalue weighted by Gasteiger charge is 2.19. The highest BCUT2D eigenvalue weighted by Crippen LogP contribution is 2.25. The summed E-state index contributed by atoms with van der Waals surface area (Å²) in [6.45, 7) is 3.65. The summed E-state index contributed by atoms with van der Waals surface area (Å²) in [5, 5.41) is 8.72. The number of hydrogen-bond donors (Lipinski definition) is 1. The minimum absolute atomic E-state index is 0.0765. The van der Waals surface area contributed by atoms with Gasteiger partial charge >= 0.3 is 0 Å². The van der Waals surface area contributed by atoms with Gasteiger partial charge in [0, 0.05) is 36.8 Å². The zero-order valence-electron chi connectivity index (χ0n) is 16.5. The van der Waals surface area contributed by atoms with Crippen molar-refractivity contribution in [2.45, 2.75) is 31.8 Å². The van der Waals surface area contributed by atoms with Gasteiger partial charge in [-0.15, -0.1) is 10.2 Å². The summed E-state index contributed by atoms with van der Waals surface area (Å²) in [5.74, 6) is -0.0136. The van der Waals surface area contributed by atoms with E-state index >= 15 is 0 Å². The quantitative estimate of drug-likeness (QED) is 0.451. The molecule has 7 nitrogen and oxygen atoms in total. The van der Waals surface area contributed by atoms with Crippen LogP contribution in [0.3, 0.4) is 0 Å². The van der Waals surface area contributed by atoms with Gasteiger partial charge in [-0.3, -0.25) is 9.59 Å². The Morgan fingerprint density at radius 3 is 2.62 bits per heavy atom. The average Bonchev–Trinajstić information content (AvgIpc) is 3.18. The number of primary amides is 1. The van der Waals surface area contributed by atoms with E-state index in [2.05, 4.69) is 10.2 Å². The summed E-state index contributed by atoms with van der Waals surface area (Å²) < 4.78 is 17.7. The van der Waals surface area contributed by atoms with Gasteiger partial charge in [0.05, 0.1) is 11.4 Å². The van der Waals surface area contributed by atoms with Crippen molar-refractivity contribution in [2.24, 2.45) is 12.8 Å². The normalized spacial score (nSPS) is 11.0. The van der Waals surface area contributed by atoms with Crippen LogP contribution in [-0.4, -0.2) is 36.8 Å². The number of aryl methyl sites for hydroxylation is 2. The van der Waals surface area contributed by atoms with E-state index in [0.717, 1.165) is 5.69 Å². The van der Waals surface area contributed by atoms with Crippen molar-refractivity contribution in [1.82, 2.24) is 19.3 Å². The lowest BCUT2D eigenvalue weighted by atomic mass is 10.2. The Morgan fingerprint density at radius 1 is 1.21 bits per heavy atom. The van der Waals surface area contributed by atoms with E-state index in [-0.39, 0.29) is 23.8 Å². The second-order valence-electron chi connectivity index (χ2n) is 6.71. The van der Waals surface area contributed by atoms with Crippen LogP contribution in [0.5, 0.6) is 0 Å². The average molecular weight is 415 g/mol. The zero-order valence-corrected chi connectivity index (χ0v) is 17.3. The van der Waals surface area contributed by atoms with Crippen molar-refractivity contribution in [3.8, 4) is 5.69 Å². The fourth-order valence-electron chi connectivity index (χ4n) is 3.18. The maximum absolute atomic E-state index is 14.2. The van der Waals surface area contributed by atoms with Crippen molar-refractivity contribution in [2.75, 3.05) is 5.75 Å². The van der Waals surface area contributed by atoms with E-state index in [1.165, 1.54) is 17.8 Å². The van der Waals surface area contributed by atoms with Crippen LogP contribution in [-0.2, 0) is 18.3 Å². The lowest BCUT2D eigenvalue weighted by molar-refractivity contribution is -0.118. The standard InChI is InChI=1S/C20H22FN5O2S/c1-12-10-14(13(2)26(12)16-7-5-4-6-15(16)21)17(27)11-29-20-24-23-19(25(20)3)9-8-18(22)28/h4-7,10H,8-9,11H2,1-3H3,(H2,22,28). The number of carbonyl (C=O) groups is 2. The van der Waals surface area contributed by atoms with Crippen molar-refractivity contribution >= 4 is 23.5 Å². The molecule has 3 rings (SSSR count). The van der Waals surface area contributed by atoms with Crippen LogP contribution >= 0.6 is 11.8 Å². The Bertz CT molecular complexity index is 1070. The third-order valence-electron chi connectivity index (χ3n) is 4.68. The molecule has 2 aromatic heterocycles. The molecule has 29 heavy (non-hydrogen) atoms. The Hall–Kier alpha value is -2.94. The summed E-state index contributed by atoms with van der Waals surface area (Å²) in [4.78, 5) is 23.7. The Morgan fingerprint density at radius 2 is 1.93 bits per heavy atom. The number of amides is 1. The molecule has 2 N–H and O–H groups in total. The van der Waals surface area contributed by atoms with Gasteiger partial charge in [-0.05, 0) is 32.0 Å². The van der Waals surface area contributed by atoms with Crippen LogP contribution in [0.25, 0.3) is 5.69 Å². The lowest BCUT2D eigenvalue weighted by Gasteiger charge is -2.10. The molecule has 9 heteroatoms. The first-order valence-corrected chi connectivity index (χ1v) is 10.0. The van der Waals surface area contributed by atoms with Gasteiger partial charge in [0.1, 0.15) is 11.6 Å². The Labute approximate surface area is 172 Å². The molecule has 1 aromatic carbocycles. The van der Waals surface area contributed by atoms with Gasteiger partial charge in [0.25, 0.3) is 0 Å². The van der Waals surface area contributed by atoms with E-state index in [0.29, 0.717) is 34.3 Å². The lowest BCUT2D eigenvalue weighted by Crippen LogP contribution is -2.13. The summed E-state index contributed by atoms with van der Waals surface area (Å²) in [7, 11) is 1.78. The molecule has 0 unspecified atom stereocenters. The number of aromatic nitrogens is 4. The molecule has 3 aromatic rings. The maximum atomic E-state index is 14.2. The molecule has 0 aliphatic rings. The van der Waals surface area contributed by atoms with Crippen LogP contribution in [0.4, 0.5) is 4.39 Å². The second kappa shape index (κ2) is 8.60. The summed E-state index contributed by atoms with van der Waals surface area (Å²) in [6.07, 6.45) is 0.592. The van der Waals surface area contributed by atoms with Crippen molar-refractivity contribution in [3.63, 3.8) is 0 Å². The topological polar surface area (TPSA) is 95.8 Å². The number of Topliss-reactive ketones (excluding diaryl/α,β-unsaturated/α-hetero) is 1. The van der Waals surface area contributed by atoms with Crippen molar-refractivity contribution in [1.29, 1.82) is 0 Å². The third kappa shape index (κ3) is 4.40. The SMILES string of the molecule is Cc1cc(C(=O)CSc2nnc(CCC(N)=O)n2C)c(C)n1-c1ccccc1F. The summed E-state index contributed by atoms with van der Waals surface area (Å²) in [6, 6.07) is 8.26. The molecule has 0 atom stereocenters. The first kappa shape index (κ1) is 20.8. The molecule has 0 radical (unpaired) electrons. The minimum atomic E-state index is -0.400. The first-order chi connectivity index (χ1) is 13.8. The number of para-hydroxylation sites is 1. The van der Waals surface area contributed by atoms with Gasteiger partial charge in [0.2, 0.25) is 5.91 Å². The van der Waals surface area contributed by atoms with E-state index < -0.39 is 5.91 Å². The molecule has 0 saturated carbocycles. The Kier molecular flexibility index (Phi) is 6.17. The van der Waals surface area contributed by atoms with Crippen LogP contribution in [0.15, 0.2) is 35.5 Å². The van der Waals surface area contributed by atoms with Gasteiger partial charge < -0.3 is 14.9 Å². The van der Waals surface area contributed by atoms with E-state index in [1.54, 1.807) is 40.4 Å². The van der Waals surface area contributed by atoms with E-state index in [9.17, 15) is 14.0 Å². The molecule has 1 amide bonds. The monoisotopic (exact) mass is 415 g/mol. The number of halogens is 1. The Balaban J connectivity index is 1.75. The van der Waals surface area contributed by atoms with Crippen LogP contribution in [0.1, 0.15) is 34.0 Å². The van der Waals surface area contributed by atoms with Crippen molar-refractivity contribution < 1.29 is 14.0 Å². The second-order valence-corrected chi connectivity index (χ2v) is 7.65. The molecule has 0 spiro atoms. The largest absolute Gasteiger partial charge is 0.370 e. The number of hydrogen-bond acceptors (Lipinski definition) is 5. The minimum Gasteiger partial charge on any atom is -0.370 e. The predicted molar refractivity (Wildman–Crippen MR) is 109 cm³/mol. The highest BCUT2D eigenvalue weighted by atomic mass is 32.2. The molecule has 0 aliphatic heterocycles. The third-order valence-corrected chi connectivity index (χ3v) is 5.70. The van der Waals surface area contributed by atoms with Crippen LogP contribution in [0, 0.1) is 19.7 Å². The molecule has 0 aliphatic carbocycles. The van der Waals surface area contributed by atoms with Gasteiger partial charge in [-0.25, -0.2) is 4.39 Å². The predicted octanol–water partition coefficient (Wildman–Crippen LogP) is 2.75. The summed E-state index contributed by atoms with van der Waals surface area (Å²) in [5.41, 5.74) is 7.61. The van der Waals surface area contributed by atoms with Gasteiger partial charge in [-0.2, -0.15) is 0 Å². The fraction of sp³-hybridized carbons (Fsp3) is 0.300. The number of ketones is 1. The highest BCUT2D eigenvalue weighted by molar-refractivity contribution is 7.99. The van der Waals surface area contributed by atoms with E-state index in [4.69, 9.17) is 5.73 Å². The number of thioether (sulfide) groups is 1. The van der Waals surface area contributed by atoms with Crippen LogP contribution < -0.4 is 5.73 Å². The van der Waals surface area contributed by atoms with Crippen molar-refractivity contribution in [3.05, 3.63) is 58.9 Å². The maximum Gasteiger partial charge on any atom is 0.217 e. The number of nitrogens with two attached hydrogens (primary N) is 1. The molecule has 0 bridgehead atoms. The molecule has 0 saturated heterocycles. The fourth-order valence-corrected chi connectivity index (χ4v) is 3.99. The number of benzene rings is 1. The first-order valence-electron chi connectivity index (χ1n) is 9.06. The van der Waals surface area contributed by atoms with Gasteiger partial charge in [-0.1, -0.05) is 23.9 Å². The number of rotatable bonds is 8.